The van der Waals surface area contributed by atoms with Crippen LogP contribution in [0.5, 0.6) is 11.5 Å². The predicted molar refractivity (Wildman–Crippen MR) is 119 cm³/mol. The van der Waals surface area contributed by atoms with Gasteiger partial charge in [-0.05, 0) is 53.4 Å². The van der Waals surface area contributed by atoms with Gasteiger partial charge >= 0.3 is 0 Å². The average Bonchev–Trinajstić information content (AvgIpc) is 3.56. The van der Waals surface area contributed by atoms with Gasteiger partial charge in [-0.25, -0.2) is 0 Å². The third kappa shape index (κ3) is 2.71. The molecule has 0 N–H and O–H groups in total. The molecule has 0 fully saturated rings. The van der Waals surface area contributed by atoms with E-state index in [2.05, 4.69) is 6.07 Å². The lowest BCUT2D eigenvalue weighted by atomic mass is 10.1. The SMILES string of the molecule is N#Cc1cc(C(=O)c2ccc(-c3ccc4c(c3)OCO4)s2)n2ccc3ccccc3c12. The Morgan fingerprint density at radius 1 is 1.00 bits per heavy atom. The number of aromatic nitrogens is 1. The lowest BCUT2D eigenvalue weighted by Crippen LogP contribution is -2.03. The molecule has 5 nitrogen and oxygen atoms in total. The molecule has 6 rings (SSSR count). The molecule has 1 aliphatic heterocycles. The first-order valence-corrected chi connectivity index (χ1v) is 10.5. The van der Waals surface area contributed by atoms with Crippen molar-refractivity contribution in [3.63, 3.8) is 0 Å². The van der Waals surface area contributed by atoms with E-state index in [-0.39, 0.29) is 12.6 Å². The highest BCUT2D eigenvalue weighted by molar-refractivity contribution is 7.17. The zero-order valence-corrected chi connectivity index (χ0v) is 17.0. The number of rotatable bonds is 3. The molecule has 0 amide bonds. The molecule has 148 valence electrons. The molecule has 3 aromatic heterocycles. The number of benzene rings is 2. The minimum absolute atomic E-state index is 0.108. The first-order valence-electron chi connectivity index (χ1n) is 9.70. The van der Waals surface area contributed by atoms with Gasteiger partial charge in [0.15, 0.2) is 11.5 Å². The van der Waals surface area contributed by atoms with E-state index in [1.807, 2.05) is 71.3 Å². The number of carbonyl (C=O) groups excluding carboxylic acids is 1. The Bertz CT molecular complexity index is 1550. The van der Waals surface area contributed by atoms with Crippen molar-refractivity contribution in [2.45, 2.75) is 0 Å². The number of thiophene rings is 1. The van der Waals surface area contributed by atoms with Crippen molar-refractivity contribution in [3.8, 4) is 28.0 Å². The molecular formula is C25H14N2O3S. The van der Waals surface area contributed by atoms with E-state index < -0.39 is 0 Å². The number of hydrogen-bond acceptors (Lipinski definition) is 5. The number of pyridine rings is 1. The van der Waals surface area contributed by atoms with Gasteiger partial charge < -0.3 is 13.9 Å². The van der Waals surface area contributed by atoms with Crippen LogP contribution >= 0.6 is 11.3 Å². The van der Waals surface area contributed by atoms with Crippen LogP contribution in [0.1, 0.15) is 20.9 Å². The van der Waals surface area contributed by atoms with Crippen LogP contribution < -0.4 is 9.47 Å². The Morgan fingerprint density at radius 3 is 2.77 bits per heavy atom. The van der Waals surface area contributed by atoms with Crippen LogP contribution in [0.4, 0.5) is 0 Å². The first kappa shape index (κ1) is 17.8. The quantitative estimate of drug-likeness (QED) is 0.352. The normalized spacial score (nSPS) is 12.4. The van der Waals surface area contributed by atoms with E-state index >= 15 is 0 Å². The molecule has 31 heavy (non-hydrogen) atoms. The second-order valence-corrected chi connectivity index (χ2v) is 8.32. The molecule has 5 aromatic rings. The summed E-state index contributed by atoms with van der Waals surface area (Å²) < 4.78 is 12.7. The minimum atomic E-state index is -0.108. The molecule has 6 heteroatoms. The van der Waals surface area contributed by atoms with Gasteiger partial charge in [0.25, 0.3) is 0 Å². The number of ether oxygens (including phenoxy) is 2. The summed E-state index contributed by atoms with van der Waals surface area (Å²) in [6, 6.07) is 23.3. The van der Waals surface area contributed by atoms with E-state index in [0.29, 0.717) is 21.9 Å². The van der Waals surface area contributed by atoms with Crippen LogP contribution in [0.3, 0.4) is 0 Å². The van der Waals surface area contributed by atoms with E-state index in [1.54, 1.807) is 6.07 Å². The number of ketones is 1. The molecule has 0 bridgehead atoms. The van der Waals surface area contributed by atoms with Crippen molar-refractivity contribution in [1.29, 1.82) is 5.26 Å². The van der Waals surface area contributed by atoms with Gasteiger partial charge in [0, 0.05) is 16.5 Å². The molecule has 0 radical (unpaired) electrons. The maximum Gasteiger partial charge on any atom is 0.231 e. The van der Waals surface area contributed by atoms with Crippen molar-refractivity contribution in [1.82, 2.24) is 4.40 Å². The summed E-state index contributed by atoms with van der Waals surface area (Å²) in [5.41, 5.74) is 2.71. The first-order chi connectivity index (χ1) is 15.2. The fraction of sp³-hybridized carbons (Fsp3) is 0.0400. The molecule has 0 atom stereocenters. The summed E-state index contributed by atoms with van der Waals surface area (Å²) in [5, 5.41) is 11.7. The fourth-order valence-corrected chi connectivity index (χ4v) is 4.97. The standard InChI is InChI=1S/C25H14N2O3S/c26-13-17-11-19(27-10-9-15-3-1-2-4-18(15)24(17)27)25(28)23-8-7-22(31-23)16-5-6-20-21(12-16)30-14-29-20/h1-12H,14H2. The van der Waals surface area contributed by atoms with Crippen LogP contribution in [0, 0.1) is 11.3 Å². The minimum Gasteiger partial charge on any atom is -0.454 e. The molecule has 2 aromatic carbocycles. The maximum atomic E-state index is 13.4. The van der Waals surface area contributed by atoms with Crippen LogP contribution in [0.25, 0.3) is 26.7 Å². The molecule has 0 saturated carbocycles. The molecule has 4 heterocycles. The predicted octanol–water partition coefficient (Wildman–Crippen LogP) is 5.65. The summed E-state index contributed by atoms with van der Waals surface area (Å²) >= 11 is 1.42. The summed E-state index contributed by atoms with van der Waals surface area (Å²) in [6.45, 7) is 0.226. The van der Waals surface area contributed by atoms with Crippen LogP contribution in [0.2, 0.25) is 0 Å². The highest BCUT2D eigenvalue weighted by Gasteiger charge is 2.21. The van der Waals surface area contributed by atoms with Gasteiger partial charge in [0.05, 0.1) is 21.7 Å². The van der Waals surface area contributed by atoms with Crippen molar-refractivity contribution in [2.24, 2.45) is 0 Å². The number of hydrogen-bond donors (Lipinski definition) is 0. The molecule has 0 spiro atoms. The number of nitriles is 1. The third-order valence-corrected chi connectivity index (χ3v) is 6.63. The van der Waals surface area contributed by atoms with Crippen molar-refractivity contribution in [2.75, 3.05) is 6.79 Å². The summed E-state index contributed by atoms with van der Waals surface area (Å²) in [7, 11) is 0. The zero-order chi connectivity index (χ0) is 20.9. The summed E-state index contributed by atoms with van der Waals surface area (Å²) in [5.74, 6) is 1.33. The average molecular weight is 422 g/mol. The Labute approximate surface area is 181 Å². The van der Waals surface area contributed by atoms with E-state index in [0.717, 1.165) is 32.5 Å². The Hall–Kier alpha value is -4.08. The lowest BCUT2D eigenvalue weighted by Gasteiger charge is -2.04. The second kappa shape index (κ2) is 6.73. The van der Waals surface area contributed by atoms with E-state index in [1.165, 1.54) is 11.3 Å². The van der Waals surface area contributed by atoms with Crippen LogP contribution in [0.15, 0.2) is 72.9 Å². The molecular weight excluding hydrogens is 408 g/mol. The molecule has 0 saturated heterocycles. The van der Waals surface area contributed by atoms with Gasteiger partial charge in [0.2, 0.25) is 12.6 Å². The highest BCUT2D eigenvalue weighted by atomic mass is 32.1. The number of carbonyl (C=O) groups is 1. The molecule has 1 aliphatic rings. The molecule has 0 aliphatic carbocycles. The Morgan fingerprint density at radius 2 is 1.87 bits per heavy atom. The summed E-state index contributed by atoms with van der Waals surface area (Å²) in [6.07, 6.45) is 1.86. The zero-order valence-electron chi connectivity index (χ0n) is 16.2. The van der Waals surface area contributed by atoms with Gasteiger partial charge in [0.1, 0.15) is 6.07 Å². The van der Waals surface area contributed by atoms with E-state index in [9.17, 15) is 10.1 Å². The van der Waals surface area contributed by atoms with Crippen molar-refractivity contribution in [3.05, 3.63) is 89.1 Å². The van der Waals surface area contributed by atoms with E-state index in [4.69, 9.17) is 9.47 Å². The lowest BCUT2D eigenvalue weighted by molar-refractivity contribution is 0.103. The van der Waals surface area contributed by atoms with Crippen molar-refractivity contribution < 1.29 is 14.3 Å². The fourth-order valence-electron chi connectivity index (χ4n) is 4.02. The largest absolute Gasteiger partial charge is 0.454 e. The smallest absolute Gasteiger partial charge is 0.231 e. The second-order valence-electron chi connectivity index (χ2n) is 7.24. The molecule has 0 unspecified atom stereocenters. The van der Waals surface area contributed by atoms with Crippen molar-refractivity contribution >= 4 is 33.4 Å². The van der Waals surface area contributed by atoms with Gasteiger partial charge in [-0.1, -0.05) is 24.3 Å². The third-order valence-electron chi connectivity index (χ3n) is 5.50. The monoisotopic (exact) mass is 422 g/mol. The topological polar surface area (TPSA) is 63.7 Å². The number of nitrogens with zero attached hydrogens (tertiary/aromatic N) is 2. The summed E-state index contributed by atoms with van der Waals surface area (Å²) in [4.78, 5) is 15.0. The Kier molecular flexibility index (Phi) is 3.85. The van der Waals surface area contributed by atoms with Crippen LogP contribution in [-0.2, 0) is 0 Å². The van der Waals surface area contributed by atoms with Gasteiger partial charge in [-0.2, -0.15) is 5.26 Å². The Balaban J connectivity index is 1.44. The maximum absolute atomic E-state index is 13.4. The highest BCUT2D eigenvalue weighted by Crippen LogP contribution is 2.38. The van der Waals surface area contributed by atoms with Crippen LogP contribution in [-0.4, -0.2) is 17.0 Å². The van der Waals surface area contributed by atoms with Gasteiger partial charge in [-0.3, -0.25) is 4.79 Å². The number of fused-ring (bicyclic) bond motifs is 4. The van der Waals surface area contributed by atoms with Gasteiger partial charge in [-0.15, -0.1) is 11.3 Å².